The molecule has 1 aromatic heterocycles. The summed E-state index contributed by atoms with van der Waals surface area (Å²) < 4.78 is 36.7. The van der Waals surface area contributed by atoms with Crippen LogP contribution in [-0.2, 0) is 6.18 Å². The van der Waals surface area contributed by atoms with Crippen LogP contribution in [0.3, 0.4) is 0 Å². The van der Waals surface area contributed by atoms with E-state index in [0.717, 1.165) is 37.5 Å². The van der Waals surface area contributed by atoms with Crippen LogP contribution in [-0.4, -0.2) is 18.1 Å². The highest BCUT2D eigenvalue weighted by molar-refractivity contribution is 5.20. The number of nitrogens with one attached hydrogen (secondary N) is 1. The van der Waals surface area contributed by atoms with Crippen LogP contribution in [0.2, 0.25) is 0 Å². The van der Waals surface area contributed by atoms with Gasteiger partial charge in [-0.15, -0.1) is 0 Å². The topological polar surface area (TPSA) is 24.9 Å². The maximum absolute atomic E-state index is 12.2. The van der Waals surface area contributed by atoms with E-state index < -0.39 is 11.7 Å². The molecule has 82 valence electrons. The fraction of sp³-hybridized carbons (Fsp3) is 0.500. The number of rotatable bonds is 1. The normalized spacial score (nSPS) is 21.9. The Hall–Kier alpha value is -1.10. The highest BCUT2D eigenvalue weighted by Crippen LogP contribution is 2.29. The third-order valence-electron chi connectivity index (χ3n) is 2.59. The molecule has 1 fully saturated rings. The van der Waals surface area contributed by atoms with Gasteiger partial charge >= 0.3 is 6.18 Å². The summed E-state index contributed by atoms with van der Waals surface area (Å²) in [6, 6.07) is 2.57. The first-order valence-corrected chi connectivity index (χ1v) is 4.81. The number of hydrogen-bond donors (Lipinski definition) is 1. The number of halogens is 3. The Balaban J connectivity index is 2.16. The van der Waals surface area contributed by atoms with Crippen molar-refractivity contribution in [1.29, 1.82) is 0 Å². The van der Waals surface area contributed by atoms with Gasteiger partial charge < -0.3 is 5.32 Å². The molecule has 15 heavy (non-hydrogen) atoms. The molecule has 5 heteroatoms. The summed E-state index contributed by atoms with van der Waals surface area (Å²) in [5.41, 5.74) is 0.0604. The molecule has 0 unspecified atom stereocenters. The summed E-state index contributed by atoms with van der Waals surface area (Å²) in [5, 5.41) is 3.15. The molecule has 2 heterocycles. The van der Waals surface area contributed by atoms with E-state index in [4.69, 9.17) is 0 Å². The van der Waals surface area contributed by atoms with Crippen molar-refractivity contribution in [1.82, 2.24) is 10.3 Å². The molecule has 2 rings (SSSR count). The van der Waals surface area contributed by atoms with E-state index in [1.165, 1.54) is 6.07 Å². The average molecular weight is 216 g/mol. The lowest BCUT2D eigenvalue weighted by Crippen LogP contribution is -2.10. The smallest absolute Gasteiger partial charge is 0.316 e. The molecule has 1 aliphatic heterocycles. The molecule has 1 N–H and O–H groups in total. The van der Waals surface area contributed by atoms with E-state index in [2.05, 4.69) is 10.3 Å². The van der Waals surface area contributed by atoms with Gasteiger partial charge in [-0.3, -0.25) is 4.98 Å². The van der Waals surface area contributed by atoms with Crippen molar-refractivity contribution in [2.75, 3.05) is 13.1 Å². The van der Waals surface area contributed by atoms with E-state index in [9.17, 15) is 13.2 Å². The van der Waals surface area contributed by atoms with E-state index >= 15 is 0 Å². The summed E-state index contributed by atoms with van der Waals surface area (Å²) in [6.45, 7) is 1.71. The average Bonchev–Trinajstić information content (AvgIpc) is 2.69. The number of aromatic nitrogens is 1. The van der Waals surface area contributed by atoms with Gasteiger partial charge in [0.1, 0.15) is 0 Å². The first-order valence-electron chi connectivity index (χ1n) is 4.81. The number of pyridine rings is 1. The molecule has 0 aromatic carbocycles. The van der Waals surface area contributed by atoms with Crippen molar-refractivity contribution >= 4 is 0 Å². The molecule has 0 amide bonds. The van der Waals surface area contributed by atoms with Crippen LogP contribution < -0.4 is 5.32 Å². The molecule has 0 radical (unpaired) electrons. The van der Waals surface area contributed by atoms with Crippen LogP contribution in [0.1, 0.15) is 23.6 Å². The highest BCUT2D eigenvalue weighted by atomic mass is 19.4. The van der Waals surface area contributed by atoms with Gasteiger partial charge in [-0.25, -0.2) is 0 Å². The van der Waals surface area contributed by atoms with Crippen LogP contribution in [0.4, 0.5) is 13.2 Å². The molecular formula is C10H11F3N2. The first-order chi connectivity index (χ1) is 7.07. The third-order valence-corrected chi connectivity index (χ3v) is 2.59. The minimum atomic E-state index is -4.29. The highest BCUT2D eigenvalue weighted by Gasteiger charge is 2.31. The number of hydrogen-bond acceptors (Lipinski definition) is 2. The lowest BCUT2D eigenvalue weighted by molar-refractivity contribution is -0.137. The number of nitrogens with zero attached hydrogens (tertiary/aromatic N) is 1. The molecule has 1 saturated heterocycles. The van der Waals surface area contributed by atoms with Crippen LogP contribution in [0.15, 0.2) is 18.3 Å². The quantitative estimate of drug-likeness (QED) is 0.778. The second-order valence-corrected chi connectivity index (χ2v) is 3.66. The predicted molar refractivity (Wildman–Crippen MR) is 49.5 cm³/mol. The van der Waals surface area contributed by atoms with Gasteiger partial charge in [-0.05, 0) is 25.1 Å². The summed E-state index contributed by atoms with van der Waals surface area (Å²) >= 11 is 0. The van der Waals surface area contributed by atoms with Gasteiger partial charge in [0.2, 0.25) is 0 Å². The Morgan fingerprint density at radius 3 is 2.60 bits per heavy atom. The van der Waals surface area contributed by atoms with Gasteiger partial charge in [0.05, 0.1) is 5.56 Å². The zero-order valence-corrected chi connectivity index (χ0v) is 8.01. The Kier molecular flexibility index (Phi) is 2.65. The van der Waals surface area contributed by atoms with Crippen molar-refractivity contribution < 1.29 is 13.2 Å². The zero-order chi connectivity index (χ0) is 10.9. The molecule has 0 spiro atoms. The van der Waals surface area contributed by atoms with Crippen LogP contribution in [0.25, 0.3) is 0 Å². The van der Waals surface area contributed by atoms with Gasteiger partial charge in [-0.2, -0.15) is 13.2 Å². The lowest BCUT2D eigenvalue weighted by atomic mass is 10.0. The molecule has 1 aromatic rings. The van der Waals surface area contributed by atoms with E-state index in [-0.39, 0.29) is 5.92 Å². The molecule has 0 bridgehead atoms. The molecule has 2 nitrogen and oxygen atoms in total. The first kappa shape index (κ1) is 10.4. The Morgan fingerprint density at radius 1 is 1.33 bits per heavy atom. The second-order valence-electron chi connectivity index (χ2n) is 3.66. The van der Waals surface area contributed by atoms with Gasteiger partial charge in [0, 0.05) is 24.4 Å². The van der Waals surface area contributed by atoms with Crippen molar-refractivity contribution in [3.8, 4) is 0 Å². The van der Waals surface area contributed by atoms with Gasteiger partial charge in [-0.1, -0.05) is 0 Å². The zero-order valence-electron chi connectivity index (χ0n) is 8.01. The Morgan fingerprint density at radius 2 is 2.13 bits per heavy atom. The van der Waals surface area contributed by atoms with Crippen LogP contribution >= 0.6 is 0 Å². The molecule has 0 aliphatic carbocycles. The van der Waals surface area contributed by atoms with E-state index in [0.29, 0.717) is 0 Å². The van der Waals surface area contributed by atoms with Crippen LogP contribution in [0.5, 0.6) is 0 Å². The fourth-order valence-corrected chi connectivity index (χ4v) is 1.72. The molecule has 1 aliphatic rings. The van der Waals surface area contributed by atoms with Crippen molar-refractivity contribution in [2.45, 2.75) is 18.5 Å². The third kappa shape index (κ3) is 2.28. The van der Waals surface area contributed by atoms with Gasteiger partial charge in [0.25, 0.3) is 0 Å². The monoisotopic (exact) mass is 216 g/mol. The Labute approximate surface area is 85.5 Å². The minimum absolute atomic E-state index is 0.257. The van der Waals surface area contributed by atoms with E-state index in [1.807, 2.05) is 0 Å². The summed E-state index contributed by atoms with van der Waals surface area (Å²) in [7, 11) is 0. The largest absolute Gasteiger partial charge is 0.417 e. The Bertz CT molecular complexity index is 326. The maximum atomic E-state index is 12.2. The fourth-order valence-electron chi connectivity index (χ4n) is 1.72. The summed E-state index contributed by atoms with van der Waals surface area (Å²) in [5.74, 6) is 0.257. The number of alkyl halides is 3. The maximum Gasteiger partial charge on any atom is 0.417 e. The standard InChI is InChI=1S/C10H11F3N2/c11-10(12,13)8-1-2-9(15-6-8)7-3-4-14-5-7/h1-2,6-7,14H,3-5H2/t7-/m1/s1. The van der Waals surface area contributed by atoms with Crippen LogP contribution in [0, 0.1) is 0 Å². The molecular weight excluding hydrogens is 205 g/mol. The minimum Gasteiger partial charge on any atom is -0.316 e. The lowest BCUT2D eigenvalue weighted by Gasteiger charge is -2.10. The summed E-state index contributed by atoms with van der Waals surface area (Å²) in [4.78, 5) is 3.87. The van der Waals surface area contributed by atoms with E-state index in [1.54, 1.807) is 0 Å². The second kappa shape index (κ2) is 3.81. The summed E-state index contributed by atoms with van der Waals surface area (Å²) in [6.07, 6.45) is -2.44. The van der Waals surface area contributed by atoms with Crippen molar-refractivity contribution in [3.63, 3.8) is 0 Å². The molecule has 1 atom stereocenters. The van der Waals surface area contributed by atoms with Crippen molar-refractivity contribution in [2.24, 2.45) is 0 Å². The predicted octanol–water partition coefficient (Wildman–Crippen LogP) is 2.18. The SMILES string of the molecule is FC(F)(F)c1ccc([C@@H]2CCNC2)nc1. The van der Waals surface area contributed by atoms with Crippen molar-refractivity contribution in [3.05, 3.63) is 29.6 Å². The van der Waals surface area contributed by atoms with Gasteiger partial charge in [0.15, 0.2) is 0 Å². The molecule has 0 saturated carbocycles.